The van der Waals surface area contributed by atoms with Crippen LogP contribution in [0, 0.1) is 11.7 Å². The Morgan fingerprint density at radius 2 is 2.00 bits per heavy atom. The summed E-state index contributed by atoms with van der Waals surface area (Å²) in [5, 5.41) is 3.60. The van der Waals surface area contributed by atoms with Gasteiger partial charge in [-0.25, -0.2) is 4.39 Å². The van der Waals surface area contributed by atoms with Gasteiger partial charge in [0.2, 0.25) is 0 Å². The molecule has 2 heteroatoms. The van der Waals surface area contributed by atoms with E-state index in [-0.39, 0.29) is 5.82 Å². The highest BCUT2D eigenvalue weighted by Gasteiger charge is 2.25. The van der Waals surface area contributed by atoms with Gasteiger partial charge in [-0.2, -0.15) is 0 Å². The highest BCUT2D eigenvalue weighted by atomic mass is 19.1. The number of nitrogens with one attached hydrogen (secondary N) is 1. The highest BCUT2D eigenvalue weighted by molar-refractivity contribution is 5.22. The molecule has 0 spiro atoms. The van der Waals surface area contributed by atoms with E-state index in [0.717, 1.165) is 31.0 Å². The lowest BCUT2D eigenvalue weighted by Crippen LogP contribution is -2.28. The van der Waals surface area contributed by atoms with Crippen LogP contribution >= 0.6 is 0 Å². The SMILES string of the molecule is CCC(CC)C(CNC1CC1)c1cccc(F)c1. The van der Waals surface area contributed by atoms with Gasteiger partial charge in [0.15, 0.2) is 0 Å². The van der Waals surface area contributed by atoms with Gasteiger partial charge in [-0.15, -0.1) is 0 Å². The standard InChI is InChI=1S/C16H24FN/c1-3-12(4-2)16(11-18-15-8-9-15)13-6-5-7-14(17)10-13/h5-7,10,12,15-16,18H,3-4,8-9,11H2,1-2H3. The van der Waals surface area contributed by atoms with E-state index in [1.54, 1.807) is 6.07 Å². The molecule has 18 heavy (non-hydrogen) atoms. The van der Waals surface area contributed by atoms with Gasteiger partial charge in [-0.05, 0) is 42.4 Å². The minimum atomic E-state index is -0.116. The predicted molar refractivity (Wildman–Crippen MR) is 74.2 cm³/mol. The lowest BCUT2D eigenvalue weighted by atomic mass is 9.82. The fourth-order valence-corrected chi connectivity index (χ4v) is 2.73. The molecule has 1 fully saturated rings. The largest absolute Gasteiger partial charge is 0.313 e. The Kier molecular flexibility index (Phi) is 4.76. The minimum Gasteiger partial charge on any atom is -0.313 e. The Morgan fingerprint density at radius 3 is 2.56 bits per heavy atom. The van der Waals surface area contributed by atoms with Crippen molar-refractivity contribution in [1.29, 1.82) is 0 Å². The van der Waals surface area contributed by atoms with Gasteiger partial charge in [0.25, 0.3) is 0 Å². The number of benzene rings is 1. The lowest BCUT2D eigenvalue weighted by Gasteiger charge is -2.26. The smallest absolute Gasteiger partial charge is 0.123 e. The normalized spacial score (nSPS) is 17.1. The molecule has 0 aromatic heterocycles. The summed E-state index contributed by atoms with van der Waals surface area (Å²) in [4.78, 5) is 0. The molecule has 2 rings (SSSR count). The van der Waals surface area contributed by atoms with Crippen molar-refractivity contribution in [3.8, 4) is 0 Å². The quantitative estimate of drug-likeness (QED) is 0.767. The van der Waals surface area contributed by atoms with Crippen LogP contribution in [0.5, 0.6) is 0 Å². The van der Waals surface area contributed by atoms with E-state index in [1.807, 2.05) is 6.07 Å². The average molecular weight is 249 g/mol. The fraction of sp³-hybridized carbons (Fsp3) is 0.625. The summed E-state index contributed by atoms with van der Waals surface area (Å²) in [6.07, 6.45) is 4.92. The topological polar surface area (TPSA) is 12.0 Å². The molecule has 0 amide bonds. The molecule has 1 nitrogen and oxygen atoms in total. The van der Waals surface area contributed by atoms with Gasteiger partial charge in [-0.1, -0.05) is 38.8 Å². The molecule has 100 valence electrons. The van der Waals surface area contributed by atoms with Crippen LogP contribution in [0.3, 0.4) is 0 Å². The maximum Gasteiger partial charge on any atom is 0.123 e. The van der Waals surface area contributed by atoms with Crippen LogP contribution in [0.15, 0.2) is 24.3 Å². The van der Waals surface area contributed by atoms with E-state index in [4.69, 9.17) is 0 Å². The van der Waals surface area contributed by atoms with Crippen LogP contribution in [0.4, 0.5) is 4.39 Å². The molecule has 1 atom stereocenters. The van der Waals surface area contributed by atoms with Gasteiger partial charge in [0.05, 0.1) is 0 Å². The van der Waals surface area contributed by atoms with Crippen LogP contribution in [0.25, 0.3) is 0 Å². The molecule has 1 aromatic carbocycles. The van der Waals surface area contributed by atoms with Gasteiger partial charge < -0.3 is 5.32 Å². The van der Waals surface area contributed by atoms with Crippen LogP contribution in [-0.4, -0.2) is 12.6 Å². The molecular formula is C16H24FN. The van der Waals surface area contributed by atoms with E-state index in [2.05, 4.69) is 25.2 Å². The van der Waals surface area contributed by atoms with Gasteiger partial charge >= 0.3 is 0 Å². The van der Waals surface area contributed by atoms with Crippen molar-refractivity contribution >= 4 is 0 Å². The van der Waals surface area contributed by atoms with Gasteiger partial charge in [0.1, 0.15) is 5.82 Å². The molecule has 1 aliphatic carbocycles. The summed E-state index contributed by atoms with van der Waals surface area (Å²) in [5.74, 6) is 0.962. The second-order valence-electron chi connectivity index (χ2n) is 5.42. The summed E-state index contributed by atoms with van der Waals surface area (Å²) >= 11 is 0. The molecular weight excluding hydrogens is 225 g/mol. The first-order chi connectivity index (χ1) is 8.74. The second-order valence-corrected chi connectivity index (χ2v) is 5.42. The molecule has 0 radical (unpaired) electrons. The molecule has 1 aromatic rings. The summed E-state index contributed by atoms with van der Waals surface area (Å²) in [6.45, 7) is 5.45. The zero-order chi connectivity index (χ0) is 13.0. The van der Waals surface area contributed by atoms with Gasteiger partial charge in [0, 0.05) is 12.6 Å². The molecule has 1 unspecified atom stereocenters. The molecule has 0 aliphatic heterocycles. The average Bonchev–Trinajstić information content (AvgIpc) is 3.18. The van der Waals surface area contributed by atoms with Crippen molar-refractivity contribution in [3.05, 3.63) is 35.6 Å². The van der Waals surface area contributed by atoms with E-state index in [9.17, 15) is 4.39 Å². The Balaban J connectivity index is 2.10. The third-order valence-electron chi connectivity index (χ3n) is 4.10. The Morgan fingerprint density at radius 1 is 1.28 bits per heavy atom. The zero-order valence-corrected chi connectivity index (χ0v) is 11.5. The Bertz CT molecular complexity index is 369. The van der Waals surface area contributed by atoms with Crippen LogP contribution < -0.4 is 5.32 Å². The van der Waals surface area contributed by atoms with Crippen molar-refractivity contribution in [2.24, 2.45) is 5.92 Å². The molecule has 0 saturated heterocycles. The fourth-order valence-electron chi connectivity index (χ4n) is 2.73. The predicted octanol–water partition coefficient (Wildman–Crippen LogP) is 4.10. The number of hydrogen-bond donors (Lipinski definition) is 1. The van der Waals surface area contributed by atoms with Crippen molar-refractivity contribution in [1.82, 2.24) is 5.32 Å². The lowest BCUT2D eigenvalue weighted by molar-refractivity contribution is 0.378. The zero-order valence-electron chi connectivity index (χ0n) is 11.5. The number of rotatable bonds is 7. The van der Waals surface area contributed by atoms with E-state index in [1.165, 1.54) is 18.9 Å². The molecule has 1 aliphatic rings. The highest BCUT2D eigenvalue weighted by Crippen LogP contribution is 2.30. The molecule has 0 bridgehead atoms. The Hall–Kier alpha value is -0.890. The van der Waals surface area contributed by atoms with Crippen LogP contribution in [0.2, 0.25) is 0 Å². The van der Waals surface area contributed by atoms with E-state index < -0.39 is 0 Å². The van der Waals surface area contributed by atoms with E-state index in [0.29, 0.717) is 11.8 Å². The molecule has 1 saturated carbocycles. The third kappa shape index (κ3) is 3.55. The van der Waals surface area contributed by atoms with Crippen molar-refractivity contribution in [3.63, 3.8) is 0 Å². The minimum absolute atomic E-state index is 0.116. The molecule has 0 heterocycles. The second kappa shape index (κ2) is 6.33. The van der Waals surface area contributed by atoms with Crippen LogP contribution in [0.1, 0.15) is 51.0 Å². The van der Waals surface area contributed by atoms with Crippen LogP contribution in [-0.2, 0) is 0 Å². The van der Waals surface area contributed by atoms with Crippen molar-refractivity contribution in [2.45, 2.75) is 51.5 Å². The summed E-state index contributed by atoms with van der Waals surface area (Å²) in [5.41, 5.74) is 1.15. The maximum atomic E-state index is 13.4. The number of hydrogen-bond acceptors (Lipinski definition) is 1. The third-order valence-corrected chi connectivity index (χ3v) is 4.10. The Labute approximate surface area is 110 Å². The first kappa shape index (κ1) is 13.5. The monoisotopic (exact) mass is 249 g/mol. The van der Waals surface area contributed by atoms with Crippen molar-refractivity contribution in [2.75, 3.05) is 6.54 Å². The summed E-state index contributed by atoms with van der Waals surface area (Å²) < 4.78 is 13.4. The first-order valence-electron chi connectivity index (χ1n) is 7.23. The molecule has 1 N–H and O–H groups in total. The van der Waals surface area contributed by atoms with Gasteiger partial charge in [-0.3, -0.25) is 0 Å². The van der Waals surface area contributed by atoms with E-state index >= 15 is 0 Å². The number of halogens is 1. The summed E-state index contributed by atoms with van der Waals surface area (Å²) in [6, 6.07) is 7.85. The first-order valence-corrected chi connectivity index (χ1v) is 7.23. The maximum absolute atomic E-state index is 13.4. The summed E-state index contributed by atoms with van der Waals surface area (Å²) in [7, 11) is 0. The van der Waals surface area contributed by atoms with Crippen molar-refractivity contribution < 1.29 is 4.39 Å².